The highest BCUT2D eigenvalue weighted by atomic mass is 79.9. The van der Waals surface area contributed by atoms with Crippen molar-refractivity contribution in [1.82, 2.24) is 0 Å². The first-order valence-electron chi connectivity index (χ1n) is 5.13. The molecule has 0 heterocycles. The van der Waals surface area contributed by atoms with Crippen molar-refractivity contribution < 1.29 is 18.7 Å². The van der Waals surface area contributed by atoms with Gasteiger partial charge in [0.2, 0.25) is 0 Å². The van der Waals surface area contributed by atoms with Crippen LogP contribution in [0, 0.1) is 5.82 Å². The number of halogens is 3. The van der Waals surface area contributed by atoms with Gasteiger partial charge in [-0.25, -0.2) is 9.18 Å². The van der Waals surface area contributed by atoms with Gasteiger partial charge in [0, 0.05) is 0 Å². The van der Waals surface area contributed by atoms with Crippen LogP contribution >= 0.6 is 31.9 Å². The number of hydrogen-bond acceptors (Lipinski definition) is 3. The third-order valence-corrected chi connectivity index (χ3v) is 3.02. The van der Waals surface area contributed by atoms with E-state index < -0.39 is 11.8 Å². The monoisotopic (exact) mass is 380 g/mol. The second kappa shape index (κ2) is 7.53. The zero-order valence-corrected chi connectivity index (χ0v) is 12.8. The van der Waals surface area contributed by atoms with E-state index in [0.29, 0.717) is 4.47 Å². The predicted octanol–water partition coefficient (Wildman–Crippen LogP) is 3.81. The number of allylic oxidation sites excluding steroid dienone is 1. The molecule has 0 unspecified atom stereocenters. The molecule has 0 bridgehead atoms. The number of alkyl halides is 1. The maximum atomic E-state index is 13.7. The molecule has 0 saturated heterocycles. The average molecular weight is 382 g/mol. The van der Waals surface area contributed by atoms with Crippen LogP contribution in [0.1, 0.15) is 6.92 Å². The standard InChI is InChI=1S/C12H11Br2FO3/c1-2-17-11(16)6-8(7-13)18-10-5-3-4-9(14)12(10)15/h3-6H,2,7H2,1H3. The molecule has 1 aromatic rings. The summed E-state index contributed by atoms with van der Waals surface area (Å²) in [7, 11) is 0. The van der Waals surface area contributed by atoms with Crippen molar-refractivity contribution in [3.8, 4) is 5.75 Å². The zero-order valence-electron chi connectivity index (χ0n) is 9.58. The smallest absolute Gasteiger partial charge is 0.334 e. The van der Waals surface area contributed by atoms with E-state index in [2.05, 4.69) is 31.9 Å². The largest absolute Gasteiger partial charge is 0.463 e. The minimum Gasteiger partial charge on any atom is -0.463 e. The van der Waals surface area contributed by atoms with E-state index >= 15 is 0 Å². The fourth-order valence-electron chi connectivity index (χ4n) is 1.11. The molecular weight excluding hydrogens is 371 g/mol. The molecule has 0 saturated carbocycles. The SMILES string of the molecule is CCOC(=O)C=C(CBr)Oc1cccc(Br)c1F. The van der Waals surface area contributed by atoms with Crippen LogP contribution in [0.3, 0.4) is 0 Å². The second-order valence-electron chi connectivity index (χ2n) is 3.15. The van der Waals surface area contributed by atoms with Gasteiger partial charge in [0.05, 0.1) is 22.5 Å². The number of carbonyl (C=O) groups excluding carboxylic acids is 1. The highest BCUT2D eigenvalue weighted by Crippen LogP contribution is 2.26. The molecule has 0 aromatic heterocycles. The molecule has 98 valence electrons. The summed E-state index contributed by atoms with van der Waals surface area (Å²) in [5.41, 5.74) is 0. The molecule has 0 amide bonds. The Bertz CT molecular complexity index is 461. The fourth-order valence-corrected chi connectivity index (χ4v) is 1.74. The van der Waals surface area contributed by atoms with Crippen molar-refractivity contribution in [2.45, 2.75) is 6.92 Å². The van der Waals surface area contributed by atoms with E-state index in [0.717, 1.165) is 0 Å². The Balaban J connectivity index is 2.86. The van der Waals surface area contributed by atoms with E-state index in [1.165, 1.54) is 12.1 Å². The van der Waals surface area contributed by atoms with Crippen LogP contribution in [0.2, 0.25) is 0 Å². The van der Waals surface area contributed by atoms with Crippen LogP contribution < -0.4 is 4.74 Å². The van der Waals surface area contributed by atoms with Crippen LogP contribution in [0.4, 0.5) is 4.39 Å². The number of hydrogen-bond donors (Lipinski definition) is 0. The first kappa shape index (κ1) is 15.2. The van der Waals surface area contributed by atoms with Crippen molar-refractivity contribution in [3.63, 3.8) is 0 Å². The van der Waals surface area contributed by atoms with Gasteiger partial charge in [-0.3, -0.25) is 0 Å². The maximum Gasteiger partial charge on any atom is 0.334 e. The Labute approximate surface area is 121 Å². The van der Waals surface area contributed by atoms with Crippen molar-refractivity contribution in [2.75, 3.05) is 11.9 Å². The molecule has 0 spiro atoms. The molecule has 1 aromatic carbocycles. The number of carbonyl (C=O) groups is 1. The number of esters is 1. The van der Waals surface area contributed by atoms with Gasteiger partial charge in [-0.05, 0) is 35.0 Å². The minimum absolute atomic E-state index is 0.0411. The highest BCUT2D eigenvalue weighted by Gasteiger charge is 2.10. The fraction of sp³-hybridized carbons (Fsp3) is 0.250. The van der Waals surface area contributed by atoms with E-state index in [9.17, 15) is 9.18 Å². The quantitative estimate of drug-likeness (QED) is 0.336. The van der Waals surface area contributed by atoms with Crippen molar-refractivity contribution in [3.05, 3.63) is 40.3 Å². The summed E-state index contributed by atoms with van der Waals surface area (Å²) >= 11 is 6.22. The molecule has 3 nitrogen and oxygen atoms in total. The summed E-state index contributed by atoms with van der Waals surface area (Å²) in [4.78, 5) is 11.3. The number of ether oxygens (including phenoxy) is 2. The lowest BCUT2D eigenvalue weighted by atomic mass is 10.3. The van der Waals surface area contributed by atoms with Gasteiger partial charge in [-0.1, -0.05) is 22.0 Å². The molecule has 0 aliphatic carbocycles. The van der Waals surface area contributed by atoms with Crippen LogP contribution in [0.5, 0.6) is 5.75 Å². The van der Waals surface area contributed by atoms with Gasteiger partial charge >= 0.3 is 5.97 Å². The summed E-state index contributed by atoms with van der Waals surface area (Å²) in [5.74, 6) is -0.736. The Kier molecular flexibility index (Phi) is 6.35. The van der Waals surface area contributed by atoms with Gasteiger partial charge in [-0.2, -0.15) is 0 Å². The molecule has 0 aliphatic heterocycles. The van der Waals surface area contributed by atoms with Gasteiger partial charge in [-0.15, -0.1) is 0 Å². The average Bonchev–Trinajstić information content (AvgIpc) is 2.34. The normalized spacial score (nSPS) is 11.2. The Morgan fingerprint density at radius 2 is 2.22 bits per heavy atom. The van der Waals surface area contributed by atoms with Gasteiger partial charge in [0.25, 0.3) is 0 Å². The summed E-state index contributed by atoms with van der Waals surface area (Å²) < 4.78 is 24.0. The van der Waals surface area contributed by atoms with E-state index in [-0.39, 0.29) is 23.4 Å². The predicted molar refractivity (Wildman–Crippen MR) is 73.2 cm³/mol. The Morgan fingerprint density at radius 3 is 2.83 bits per heavy atom. The molecule has 0 N–H and O–H groups in total. The van der Waals surface area contributed by atoms with Crippen LogP contribution in [0.25, 0.3) is 0 Å². The molecule has 0 fully saturated rings. The summed E-state index contributed by atoms with van der Waals surface area (Å²) in [6.07, 6.45) is 1.18. The third-order valence-electron chi connectivity index (χ3n) is 1.85. The van der Waals surface area contributed by atoms with Crippen molar-refractivity contribution in [1.29, 1.82) is 0 Å². The molecule has 6 heteroatoms. The van der Waals surface area contributed by atoms with Gasteiger partial charge in [0.15, 0.2) is 11.6 Å². The summed E-state index contributed by atoms with van der Waals surface area (Å²) in [6, 6.07) is 4.67. The van der Waals surface area contributed by atoms with E-state index in [1.54, 1.807) is 19.1 Å². The van der Waals surface area contributed by atoms with Crippen LogP contribution in [-0.4, -0.2) is 17.9 Å². The molecule has 0 atom stereocenters. The topological polar surface area (TPSA) is 35.5 Å². The Hall–Kier alpha value is -0.880. The molecule has 0 radical (unpaired) electrons. The lowest BCUT2D eigenvalue weighted by Gasteiger charge is -2.09. The molecular formula is C12H11Br2FO3. The van der Waals surface area contributed by atoms with Crippen LogP contribution in [0.15, 0.2) is 34.5 Å². The lowest BCUT2D eigenvalue weighted by Crippen LogP contribution is -2.06. The maximum absolute atomic E-state index is 13.7. The number of benzene rings is 1. The first-order chi connectivity index (χ1) is 8.58. The second-order valence-corrected chi connectivity index (χ2v) is 4.57. The number of rotatable bonds is 5. The van der Waals surface area contributed by atoms with E-state index in [4.69, 9.17) is 9.47 Å². The minimum atomic E-state index is -0.526. The lowest BCUT2D eigenvalue weighted by molar-refractivity contribution is -0.137. The van der Waals surface area contributed by atoms with Gasteiger partial charge < -0.3 is 9.47 Å². The molecule has 0 aliphatic rings. The van der Waals surface area contributed by atoms with E-state index in [1.807, 2.05) is 0 Å². The summed E-state index contributed by atoms with van der Waals surface area (Å²) in [6.45, 7) is 1.98. The van der Waals surface area contributed by atoms with Crippen molar-refractivity contribution >= 4 is 37.8 Å². The zero-order chi connectivity index (χ0) is 13.5. The van der Waals surface area contributed by atoms with Crippen LogP contribution in [-0.2, 0) is 9.53 Å². The Morgan fingerprint density at radius 1 is 1.50 bits per heavy atom. The van der Waals surface area contributed by atoms with Gasteiger partial charge in [0.1, 0.15) is 5.76 Å². The highest BCUT2D eigenvalue weighted by molar-refractivity contribution is 9.10. The third kappa shape index (κ3) is 4.42. The molecule has 1 rings (SSSR count). The molecule has 18 heavy (non-hydrogen) atoms. The summed E-state index contributed by atoms with van der Waals surface area (Å²) in [5, 5.41) is 0.276. The van der Waals surface area contributed by atoms with Crippen molar-refractivity contribution in [2.24, 2.45) is 0 Å². The first-order valence-corrected chi connectivity index (χ1v) is 7.05.